The van der Waals surface area contributed by atoms with Crippen LogP contribution in [0.2, 0.25) is 5.02 Å². The average molecular weight is 360 g/mol. The predicted molar refractivity (Wildman–Crippen MR) is 94.3 cm³/mol. The molecule has 3 rings (SSSR count). The van der Waals surface area contributed by atoms with Crippen molar-refractivity contribution in [2.24, 2.45) is 0 Å². The summed E-state index contributed by atoms with van der Waals surface area (Å²) in [4.78, 5) is 34.7. The third-order valence-corrected chi connectivity index (χ3v) is 3.73. The van der Waals surface area contributed by atoms with Gasteiger partial charge in [0.25, 0.3) is 11.8 Å². The summed E-state index contributed by atoms with van der Waals surface area (Å²) in [6.45, 7) is 1.32. The van der Waals surface area contributed by atoms with Crippen LogP contribution in [0.3, 0.4) is 0 Å². The molecule has 3 N–H and O–H groups in total. The lowest BCUT2D eigenvalue weighted by molar-refractivity contribution is -0.118. The predicted octanol–water partition coefficient (Wildman–Crippen LogP) is 2.88. The molecule has 8 heteroatoms. The van der Waals surface area contributed by atoms with Crippen molar-refractivity contribution in [1.29, 1.82) is 0 Å². The molecule has 1 aliphatic rings. The van der Waals surface area contributed by atoms with Crippen LogP contribution in [0.5, 0.6) is 5.75 Å². The molecule has 0 unspecified atom stereocenters. The maximum atomic E-state index is 12.4. The molecule has 0 aromatic heterocycles. The van der Waals surface area contributed by atoms with Crippen LogP contribution >= 0.6 is 11.6 Å². The van der Waals surface area contributed by atoms with Gasteiger partial charge >= 0.3 is 0 Å². The monoisotopic (exact) mass is 359 g/mol. The maximum Gasteiger partial charge on any atom is 0.262 e. The lowest BCUT2D eigenvalue weighted by Crippen LogP contribution is -2.25. The first kappa shape index (κ1) is 16.8. The van der Waals surface area contributed by atoms with Crippen LogP contribution in [0.15, 0.2) is 36.4 Å². The second-order valence-electron chi connectivity index (χ2n) is 5.38. The smallest absolute Gasteiger partial charge is 0.262 e. The Morgan fingerprint density at radius 1 is 1.16 bits per heavy atom. The third kappa shape index (κ3) is 3.89. The van der Waals surface area contributed by atoms with Gasteiger partial charge < -0.3 is 20.7 Å². The van der Waals surface area contributed by atoms with E-state index in [1.807, 2.05) is 0 Å². The Balaban J connectivity index is 1.76. The molecule has 25 heavy (non-hydrogen) atoms. The Morgan fingerprint density at radius 3 is 2.56 bits per heavy atom. The molecule has 1 aliphatic heterocycles. The molecule has 0 aliphatic carbocycles. The average Bonchev–Trinajstić information content (AvgIpc) is 2.56. The standard InChI is InChI=1S/C17H14ClN3O4/c1-9(22)19-11-4-2-10(3-5-11)17(24)21-13-7-15-14(6-12(13)18)20-16(23)8-25-15/h2-7H,8H2,1H3,(H,19,22)(H,20,23)(H,21,24). The van der Waals surface area contributed by atoms with Gasteiger partial charge in [0, 0.05) is 24.2 Å². The van der Waals surface area contributed by atoms with Crippen molar-refractivity contribution in [2.75, 3.05) is 22.6 Å². The number of anilines is 3. The zero-order valence-electron chi connectivity index (χ0n) is 13.2. The van der Waals surface area contributed by atoms with Crippen LogP contribution in [0.25, 0.3) is 0 Å². The molecular weight excluding hydrogens is 346 g/mol. The van der Waals surface area contributed by atoms with E-state index in [4.69, 9.17) is 16.3 Å². The summed E-state index contributed by atoms with van der Waals surface area (Å²) in [7, 11) is 0. The van der Waals surface area contributed by atoms with Crippen LogP contribution in [-0.2, 0) is 9.59 Å². The molecule has 1 heterocycles. The number of hydrogen-bond acceptors (Lipinski definition) is 4. The van der Waals surface area contributed by atoms with E-state index in [0.29, 0.717) is 28.4 Å². The topological polar surface area (TPSA) is 96.5 Å². The highest BCUT2D eigenvalue weighted by Crippen LogP contribution is 2.36. The number of rotatable bonds is 3. The van der Waals surface area contributed by atoms with Gasteiger partial charge in [0.05, 0.1) is 16.4 Å². The summed E-state index contributed by atoms with van der Waals surface area (Å²) in [5.74, 6) is -0.388. The Morgan fingerprint density at radius 2 is 1.88 bits per heavy atom. The summed E-state index contributed by atoms with van der Waals surface area (Å²) in [6, 6.07) is 9.50. The summed E-state index contributed by atoms with van der Waals surface area (Å²) >= 11 is 6.15. The first-order chi connectivity index (χ1) is 11.9. The van der Waals surface area contributed by atoms with Crippen LogP contribution in [0.4, 0.5) is 17.1 Å². The van der Waals surface area contributed by atoms with Crippen LogP contribution in [0, 0.1) is 0 Å². The van der Waals surface area contributed by atoms with Crippen LogP contribution in [-0.4, -0.2) is 24.3 Å². The van der Waals surface area contributed by atoms with Gasteiger partial charge in [-0.15, -0.1) is 0 Å². The van der Waals surface area contributed by atoms with Crippen molar-refractivity contribution in [1.82, 2.24) is 0 Å². The Hall–Kier alpha value is -3.06. The number of nitrogens with one attached hydrogen (secondary N) is 3. The van der Waals surface area contributed by atoms with Crippen molar-refractivity contribution in [3.8, 4) is 5.75 Å². The molecule has 0 atom stereocenters. The van der Waals surface area contributed by atoms with E-state index in [-0.39, 0.29) is 29.4 Å². The third-order valence-electron chi connectivity index (χ3n) is 3.42. The molecule has 3 amide bonds. The SMILES string of the molecule is CC(=O)Nc1ccc(C(=O)Nc2cc3c(cc2Cl)NC(=O)CO3)cc1. The van der Waals surface area contributed by atoms with Gasteiger partial charge in [-0.3, -0.25) is 14.4 Å². The van der Waals surface area contributed by atoms with E-state index in [0.717, 1.165) is 0 Å². The van der Waals surface area contributed by atoms with Gasteiger partial charge in [0.2, 0.25) is 5.91 Å². The number of fused-ring (bicyclic) bond motifs is 1. The minimum absolute atomic E-state index is 0.0906. The van der Waals surface area contributed by atoms with Gasteiger partial charge in [-0.1, -0.05) is 11.6 Å². The Labute approximate surface area is 148 Å². The Kier molecular flexibility index (Phi) is 4.58. The highest BCUT2D eigenvalue weighted by molar-refractivity contribution is 6.34. The van der Waals surface area contributed by atoms with Crippen LogP contribution in [0.1, 0.15) is 17.3 Å². The molecule has 7 nitrogen and oxygen atoms in total. The summed E-state index contributed by atoms with van der Waals surface area (Å²) in [5.41, 5.74) is 1.82. The number of ether oxygens (including phenoxy) is 1. The van der Waals surface area contributed by atoms with Crippen molar-refractivity contribution in [2.45, 2.75) is 6.92 Å². The molecule has 0 radical (unpaired) electrons. The zero-order chi connectivity index (χ0) is 18.0. The minimum Gasteiger partial charge on any atom is -0.482 e. The minimum atomic E-state index is -0.365. The summed E-state index contributed by atoms with van der Waals surface area (Å²) in [6.07, 6.45) is 0. The number of carbonyl (C=O) groups excluding carboxylic acids is 3. The van der Waals surface area contributed by atoms with Crippen LogP contribution < -0.4 is 20.7 Å². The number of halogens is 1. The fourth-order valence-corrected chi connectivity index (χ4v) is 2.51. The first-order valence-electron chi connectivity index (χ1n) is 7.37. The van der Waals surface area contributed by atoms with E-state index in [2.05, 4.69) is 16.0 Å². The first-order valence-corrected chi connectivity index (χ1v) is 7.75. The van der Waals surface area contributed by atoms with Crippen molar-refractivity contribution in [3.05, 3.63) is 47.0 Å². The number of benzene rings is 2. The molecule has 0 bridgehead atoms. The molecular formula is C17H14ClN3O4. The quantitative estimate of drug-likeness (QED) is 0.785. The maximum absolute atomic E-state index is 12.4. The molecule has 0 spiro atoms. The Bertz CT molecular complexity index is 865. The van der Waals surface area contributed by atoms with Gasteiger partial charge in [-0.25, -0.2) is 0 Å². The van der Waals surface area contributed by atoms with E-state index >= 15 is 0 Å². The molecule has 0 saturated heterocycles. The second-order valence-corrected chi connectivity index (χ2v) is 5.78. The molecule has 0 fully saturated rings. The van der Waals surface area contributed by atoms with Gasteiger partial charge in [-0.2, -0.15) is 0 Å². The van der Waals surface area contributed by atoms with Gasteiger partial charge in [0.15, 0.2) is 6.61 Å². The molecule has 2 aromatic carbocycles. The molecule has 128 valence electrons. The van der Waals surface area contributed by atoms with Gasteiger partial charge in [0.1, 0.15) is 5.75 Å². The highest BCUT2D eigenvalue weighted by Gasteiger charge is 2.19. The van der Waals surface area contributed by atoms with E-state index < -0.39 is 0 Å². The number of hydrogen-bond donors (Lipinski definition) is 3. The lowest BCUT2D eigenvalue weighted by Gasteiger charge is -2.19. The number of carbonyl (C=O) groups is 3. The van der Waals surface area contributed by atoms with Crippen molar-refractivity contribution < 1.29 is 19.1 Å². The molecule has 0 saturated carbocycles. The van der Waals surface area contributed by atoms with E-state index in [9.17, 15) is 14.4 Å². The lowest BCUT2D eigenvalue weighted by atomic mass is 10.1. The highest BCUT2D eigenvalue weighted by atomic mass is 35.5. The fourth-order valence-electron chi connectivity index (χ4n) is 2.30. The van der Waals surface area contributed by atoms with Crippen molar-refractivity contribution >= 4 is 46.4 Å². The van der Waals surface area contributed by atoms with E-state index in [1.165, 1.54) is 13.0 Å². The molecule has 2 aromatic rings. The van der Waals surface area contributed by atoms with Crippen molar-refractivity contribution in [3.63, 3.8) is 0 Å². The zero-order valence-corrected chi connectivity index (χ0v) is 13.9. The van der Waals surface area contributed by atoms with E-state index in [1.54, 1.807) is 30.3 Å². The summed E-state index contributed by atoms with van der Waals surface area (Å²) in [5, 5.41) is 8.23. The number of amides is 3. The normalized spacial score (nSPS) is 12.5. The van der Waals surface area contributed by atoms with Gasteiger partial charge in [-0.05, 0) is 30.3 Å². The largest absolute Gasteiger partial charge is 0.482 e. The summed E-state index contributed by atoms with van der Waals surface area (Å²) < 4.78 is 5.31. The second kappa shape index (κ2) is 6.82. The fraction of sp³-hybridized carbons (Fsp3) is 0.118.